The van der Waals surface area contributed by atoms with E-state index in [-0.39, 0.29) is 11.2 Å². The fourth-order valence-electron chi connectivity index (χ4n) is 1.84. The second-order valence-corrected chi connectivity index (χ2v) is 3.87. The van der Waals surface area contributed by atoms with Crippen molar-refractivity contribution in [3.8, 4) is 0 Å². The molecule has 70 valence electrons. The van der Waals surface area contributed by atoms with E-state index in [9.17, 15) is 4.79 Å². The Bertz CT molecular complexity index is 345. The van der Waals surface area contributed by atoms with Crippen LogP contribution in [0.3, 0.4) is 0 Å². The van der Waals surface area contributed by atoms with E-state index in [0.717, 1.165) is 18.5 Å². The molecule has 0 saturated heterocycles. The van der Waals surface area contributed by atoms with Crippen molar-refractivity contribution >= 4 is 16.8 Å². The van der Waals surface area contributed by atoms with E-state index in [0.29, 0.717) is 6.42 Å². The maximum absolute atomic E-state index is 10.9. The van der Waals surface area contributed by atoms with E-state index in [1.165, 1.54) is 5.69 Å². The van der Waals surface area contributed by atoms with Crippen molar-refractivity contribution < 1.29 is 4.79 Å². The van der Waals surface area contributed by atoms with Crippen molar-refractivity contribution in [2.75, 3.05) is 0 Å². The Hall–Kier alpha value is -0.830. The third kappa shape index (κ3) is 1.48. The fourth-order valence-corrected chi connectivity index (χ4v) is 2.02. The zero-order valence-electron chi connectivity index (χ0n) is 7.46. The molecular weight excluding hydrogens is 188 g/mol. The van der Waals surface area contributed by atoms with Gasteiger partial charge in [-0.2, -0.15) is 0 Å². The van der Waals surface area contributed by atoms with Gasteiger partial charge in [0, 0.05) is 25.1 Å². The number of nitrogens with zero attached hydrogens (tertiary/aromatic N) is 2. The molecule has 0 radical (unpaired) electrons. The van der Waals surface area contributed by atoms with Crippen molar-refractivity contribution in [3.05, 3.63) is 17.7 Å². The molecule has 0 amide bonds. The molecule has 1 aliphatic rings. The standard InChI is InChI=1S/C9H11ClN2O/c1-12-5-11-7-4-6(9(10)13)2-3-8(7)12/h5-6H,2-4H2,1H3. The summed E-state index contributed by atoms with van der Waals surface area (Å²) in [5.41, 5.74) is 2.28. The van der Waals surface area contributed by atoms with Gasteiger partial charge in [-0.1, -0.05) is 0 Å². The van der Waals surface area contributed by atoms with E-state index in [2.05, 4.69) is 4.98 Å². The maximum atomic E-state index is 10.9. The summed E-state index contributed by atoms with van der Waals surface area (Å²) < 4.78 is 2.02. The van der Waals surface area contributed by atoms with Crippen LogP contribution in [0.2, 0.25) is 0 Å². The fraction of sp³-hybridized carbons (Fsp3) is 0.556. The van der Waals surface area contributed by atoms with Gasteiger partial charge in [0.05, 0.1) is 12.0 Å². The third-order valence-electron chi connectivity index (χ3n) is 2.64. The van der Waals surface area contributed by atoms with Gasteiger partial charge in [-0.05, 0) is 24.4 Å². The molecule has 1 aromatic heterocycles. The van der Waals surface area contributed by atoms with E-state index < -0.39 is 0 Å². The summed E-state index contributed by atoms with van der Waals surface area (Å²) >= 11 is 5.46. The summed E-state index contributed by atoms with van der Waals surface area (Å²) in [6.07, 6.45) is 4.27. The van der Waals surface area contributed by atoms with Crippen molar-refractivity contribution in [2.24, 2.45) is 13.0 Å². The number of halogens is 1. The van der Waals surface area contributed by atoms with Gasteiger partial charge in [-0.25, -0.2) is 4.98 Å². The lowest BCUT2D eigenvalue weighted by molar-refractivity contribution is -0.115. The smallest absolute Gasteiger partial charge is 0.225 e. The topological polar surface area (TPSA) is 34.9 Å². The van der Waals surface area contributed by atoms with E-state index in [1.54, 1.807) is 6.33 Å². The zero-order valence-corrected chi connectivity index (χ0v) is 8.21. The molecule has 1 unspecified atom stereocenters. The van der Waals surface area contributed by atoms with Crippen molar-refractivity contribution in [2.45, 2.75) is 19.3 Å². The summed E-state index contributed by atoms with van der Waals surface area (Å²) in [5.74, 6) is -0.0240. The Kier molecular flexibility index (Phi) is 2.12. The monoisotopic (exact) mass is 198 g/mol. The molecule has 2 rings (SSSR count). The van der Waals surface area contributed by atoms with Crippen LogP contribution in [0, 0.1) is 5.92 Å². The van der Waals surface area contributed by atoms with Gasteiger partial charge in [0.25, 0.3) is 0 Å². The molecule has 0 aliphatic heterocycles. The van der Waals surface area contributed by atoms with Crippen LogP contribution < -0.4 is 0 Å². The number of aryl methyl sites for hydroxylation is 1. The normalized spacial score (nSPS) is 21.2. The lowest BCUT2D eigenvalue weighted by Crippen LogP contribution is -2.20. The van der Waals surface area contributed by atoms with Gasteiger partial charge in [0.1, 0.15) is 0 Å². The van der Waals surface area contributed by atoms with Crippen molar-refractivity contribution in [1.29, 1.82) is 0 Å². The Morgan fingerprint density at radius 3 is 3.23 bits per heavy atom. The Labute approximate surface area is 81.7 Å². The molecular formula is C9H11ClN2O. The zero-order chi connectivity index (χ0) is 9.42. The van der Waals surface area contributed by atoms with Gasteiger partial charge in [0.15, 0.2) is 0 Å². The van der Waals surface area contributed by atoms with Crippen LogP contribution >= 0.6 is 11.6 Å². The molecule has 1 aromatic rings. The van der Waals surface area contributed by atoms with Crippen LogP contribution in [-0.2, 0) is 24.7 Å². The minimum Gasteiger partial charge on any atom is -0.337 e. The average molecular weight is 199 g/mol. The van der Waals surface area contributed by atoms with Gasteiger partial charge < -0.3 is 4.57 Å². The number of rotatable bonds is 1. The molecule has 1 atom stereocenters. The summed E-state index contributed by atoms with van der Waals surface area (Å²) in [5, 5.41) is -0.226. The molecule has 0 N–H and O–H groups in total. The summed E-state index contributed by atoms with van der Waals surface area (Å²) in [6.45, 7) is 0. The number of imidazole rings is 1. The van der Waals surface area contributed by atoms with Crippen LogP contribution in [0.4, 0.5) is 0 Å². The van der Waals surface area contributed by atoms with Crippen LogP contribution in [0.5, 0.6) is 0 Å². The number of fused-ring (bicyclic) bond motifs is 1. The number of hydrogen-bond donors (Lipinski definition) is 0. The Morgan fingerprint density at radius 1 is 1.77 bits per heavy atom. The van der Waals surface area contributed by atoms with E-state index in [1.807, 2.05) is 11.6 Å². The first-order chi connectivity index (χ1) is 6.18. The number of aromatic nitrogens is 2. The van der Waals surface area contributed by atoms with Crippen molar-refractivity contribution in [1.82, 2.24) is 9.55 Å². The van der Waals surface area contributed by atoms with Gasteiger partial charge >= 0.3 is 0 Å². The summed E-state index contributed by atoms with van der Waals surface area (Å²) in [6, 6.07) is 0. The second kappa shape index (κ2) is 3.14. The Balaban J connectivity index is 2.25. The molecule has 0 saturated carbocycles. The first kappa shape index (κ1) is 8.75. The number of carbonyl (C=O) groups is 1. The van der Waals surface area contributed by atoms with Gasteiger partial charge in [0.2, 0.25) is 5.24 Å². The molecule has 0 aromatic carbocycles. The molecule has 0 fully saturated rings. The SMILES string of the molecule is Cn1cnc2c1CCC(C(=O)Cl)C2. The quantitative estimate of drug-likeness (QED) is 0.638. The van der Waals surface area contributed by atoms with Crippen LogP contribution in [0.25, 0.3) is 0 Å². The highest BCUT2D eigenvalue weighted by Gasteiger charge is 2.25. The number of hydrogen-bond acceptors (Lipinski definition) is 2. The molecule has 0 bridgehead atoms. The number of carbonyl (C=O) groups excluding carboxylic acids is 1. The van der Waals surface area contributed by atoms with Crippen LogP contribution in [-0.4, -0.2) is 14.8 Å². The van der Waals surface area contributed by atoms with E-state index >= 15 is 0 Å². The van der Waals surface area contributed by atoms with Crippen LogP contribution in [0.15, 0.2) is 6.33 Å². The predicted molar refractivity (Wildman–Crippen MR) is 49.6 cm³/mol. The van der Waals surface area contributed by atoms with Crippen molar-refractivity contribution in [3.63, 3.8) is 0 Å². The molecule has 4 heteroatoms. The van der Waals surface area contributed by atoms with Gasteiger partial charge in [-0.3, -0.25) is 4.79 Å². The molecule has 1 heterocycles. The summed E-state index contributed by atoms with van der Waals surface area (Å²) in [4.78, 5) is 15.2. The second-order valence-electron chi connectivity index (χ2n) is 3.49. The largest absolute Gasteiger partial charge is 0.337 e. The van der Waals surface area contributed by atoms with Crippen LogP contribution in [0.1, 0.15) is 17.8 Å². The third-order valence-corrected chi connectivity index (χ3v) is 2.94. The first-order valence-electron chi connectivity index (χ1n) is 4.37. The van der Waals surface area contributed by atoms with E-state index in [4.69, 9.17) is 11.6 Å². The Morgan fingerprint density at radius 2 is 2.54 bits per heavy atom. The lowest BCUT2D eigenvalue weighted by atomic mass is 9.91. The average Bonchev–Trinajstić information content (AvgIpc) is 2.47. The first-order valence-corrected chi connectivity index (χ1v) is 4.74. The minimum absolute atomic E-state index is 0.0240. The molecule has 1 aliphatic carbocycles. The lowest BCUT2D eigenvalue weighted by Gasteiger charge is -2.18. The molecule has 3 nitrogen and oxygen atoms in total. The highest BCUT2D eigenvalue weighted by atomic mass is 35.5. The predicted octanol–water partition coefficient (Wildman–Crippen LogP) is 1.29. The summed E-state index contributed by atoms with van der Waals surface area (Å²) in [7, 11) is 1.98. The highest BCUT2D eigenvalue weighted by molar-refractivity contribution is 6.64. The highest BCUT2D eigenvalue weighted by Crippen LogP contribution is 2.25. The molecule has 13 heavy (non-hydrogen) atoms. The maximum Gasteiger partial charge on any atom is 0.225 e. The molecule has 0 spiro atoms. The van der Waals surface area contributed by atoms with Gasteiger partial charge in [-0.15, -0.1) is 0 Å². The minimum atomic E-state index is -0.226.